The number of unbranched alkanes of at least 4 members (excludes halogenated alkanes) is 7. The standard InChI is InChI=1S/C19H48OSi4/c1-11-12-13-14-15-16-17-18-19-20-24(21(2,3)4,22(5,6)7)23(8,9)10/h11-19H2,1-10H3. The van der Waals surface area contributed by atoms with Crippen molar-refractivity contribution < 1.29 is 4.43 Å². The molecule has 0 saturated heterocycles. The van der Waals surface area contributed by atoms with E-state index in [1.54, 1.807) is 0 Å². The zero-order valence-corrected chi connectivity index (χ0v) is 22.8. The summed E-state index contributed by atoms with van der Waals surface area (Å²) in [6.45, 7) is 25.3. The lowest BCUT2D eigenvalue weighted by atomic mass is 10.1. The van der Waals surface area contributed by atoms with Crippen LogP contribution in [0.15, 0.2) is 0 Å². The minimum Gasteiger partial charge on any atom is -0.426 e. The van der Waals surface area contributed by atoms with Crippen LogP contribution in [0.5, 0.6) is 0 Å². The quantitative estimate of drug-likeness (QED) is 0.230. The van der Waals surface area contributed by atoms with Gasteiger partial charge in [-0.1, -0.05) is 111 Å². The van der Waals surface area contributed by atoms with Gasteiger partial charge in [-0.3, -0.25) is 0 Å². The van der Waals surface area contributed by atoms with Crippen LogP contribution in [0.2, 0.25) is 58.9 Å². The van der Waals surface area contributed by atoms with Gasteiger partial charge in [-0.05, 0) is 6.42 Å². The first-order valence-corrected chi connectivity index (χ1v) is 25.9. The van der Waals surface area contributed by atoms with E-state index in [0.29, 0.717) is 0 Å². The van der Waals surface area contributed by atoms with Gasteiger partial charge >= 0.3 is 0 Å². The Balaban J connectivity index is 4.62. The van der Waals surface area contributed by atoms with E-state index in [9.17, 15) is 0 Å². The zero-order valence-electron chi connectivity index (χ0n) is 18.8. The molecule has 0 aromatic rings. The van der Waals surface area contributed by atoms with Crippen LogP contribution < -0.4 is 0 Å². The fraction of sp³-hybridized carbons (Fsp3) is 1.00. The van der Waals surface area contributed by atoms with E-state index in [2.05, 4.69) is 65.8 Å². The minimum atomic E-state index is -1.57. The first kappa shape index (κ1) is 24.8. The maximum Gasteiger partial charge on any atom is 0.158 e. The molecule has 0 aliphatic rings. The summed E-state index contributed by atoms with van der Waals surface area (Å²) in [6, 6.07) is 0. The van der Waals surface area contributed by atoms with Crippen molar-refractivity contribution in [3.05, 3.63) is 0 Å². The second kappa shape index (κ2) is 10.2. The van der Waals surface area contributed by atoms with Gasteiger partial charge in [0.15, 0.2) is 6.87 Å². The van der Waals surface area contributed by atoms with E-state index < -0.39 is 29.6 Å². The molecule has 0 rings (SSSR count). The summed E-state index contributed by atoms with van der Waals surface area (Å²) in [5.74, 6) is 0. The van der Waals surface area contributed by atoms with Crippen molar-refractivity contribution in [3.63, 3.8) is 0 Å². The summed E-state index contributed by atoms with van der Waals surface area (Å²) >= 11 is 0. The van der Waals surface area contributed by atoms with Crippen molar-refractivity contribution in [3.8, 4) is 0 Å². The molecule has 0 amide bonds. The highest BCUT2D eigenvalue weighted by Gasteiger charge is 2.63. The summed E-state index contributed by atoms with van der Waals surface area (Å²) in [5, 5.41) is 0. The van der Waals surface area contributed by atoms with Crippen molar-refractivity contribution in [1.82, 2.24) is 0 Å². The molecule has 1 nitrogen and oxygen atoms in total. The molecule has 0 aliphatic heterocycles. The lowest BCUT2D eigenvalue weighted by molar-refractivity contribution is 0.315. The van der Waals surface area contributed by atoms with Crippen LogP contribution in [0.1, 0.15) is 58.3 Å². The lowest BCUT2D eigenvalue weighted by Crippen LogP contribution is -2.84. The Labute approximate surface area is 157 Å². The van der Waals surface area contributed by atoms with Gasteiger partial charge in [0.05, 0.1) is 22.8 Å². The van der Waals surface area contributed by atoms with Crippen LogP contribution in [0.25, 0.3) is 0 Å². The largest absolute Gasteiger partial charge is 0.426 e. The first-order chi connectivity index (χ1) is 10.8. The van der Waals surface area contributed by atoms with Crippen molar-refractivity contribution in [1.29, 1.82) is 0 Å². The molecule has 0 saturated carbocycles. The molecular formula is C19H48OSi4. The fourth-order valence-electron chi connectivity index (χ4n) is 5.49. The minimum absolute atomic E-state index is 1.06. The van der Waals surface area contributed by atoms with E-state index in [4.69, 9.17) is 4.43 Å². The van der Waals surface area contributed by atoms with Crippen LogP contribution in [0.3, 0.4) is 0 Å². The normalized spacial score (nSPS) is 14.2. The number of rotatable bonds is 13. The molecule has 0 fully saturated rings. The fourth-order valence-corrected chi connectivity index (χ4v) is 99.8. The Hall–Kier alpha value is 0.828. The zero-order chi connectivity index (χ0) is 19.1. The van der Waals surface area contributed by atoms with Crippen LogP contribution in [-0.4, -0.2) is 36.3 Å². The van der Waals surface area contributed by atoms with Crippen molar-refractivity contribution in [2.24, 2.45) is 0 Å². The van der Waals surface area contributed by atoms with Crippen molar-refractivity contribution in [2.75, 3.05) is 6.61 Å². The third kappa shape index (κ3) is 6.86. The summed E-state index contributed by atoms with van der Waals surface area (Å²) in [4.78, 5) is 0. The Bertz CT molecular complexity index is 301. The van der Waals surface area contributed by atoms with E-state index in [0.717, 1.165) is 6.61 Å². The molecule has 0 atom stereocenters. The smallest absolute Gasteiger partial charge is 0.158 e. The van der Waals surface area contributed by atoms with Gasteiger partial charge < -0.3 is 4.43 Å². The Kier molecular flexibility index (Phi) is 10.6. The van der Waals surface area contributed by atoms with Gasteiger partial charge in [-0.2, -0.15) is 0 Å². The maximum absolute atomic E-state index is 7.09. The van der Waals surface area contributed by atoms with E-state index in [-0.39, 0.29) is 0 Å². The molecule has 0 aromatic heterocycles. The van der Waals surface area contributed by atoms with Gasteiger partial charge in [0.2, 0.25) is 0 Å². The van der Waals surface area contributed by atoms with Crippen LogP contribution >= 0.6 is 0 Å². The maximum atomic E-state index is 7.09. The van der Waals surface area contributed by atoms with Crippen LogP contribution in [0, 0.1) is 0 Å². The van der Waals surface area contributed by atoms with E-state index in [1.807, 2.05) is 0 Å². The summed E-state index contributed by atoms with van der Waals surface area (Å²) in [7, 11) is -3.77. The Morgan fingerprint density at radius 2 is 0.833 bits per heavy atom. The molecule has 0 spiro atoms. The van der Waals surface area contributed by atoms with Gasteiger partial charge in [-0.25, -0.2) is 0 Å². The van der Waals surface area contributed by atoms with Gasteiger partial charge in [0.25, 0.3) is 0 Å². The molecular weight excluding hydrogens is 357 g/mol. The molecule has 0 aromatic carbocycles. The third-order valence-electron chi connectivity index (χ3n) is 5.49. The molecule has 0 aliphatic carbocycles. The lowest BCUT2D eigenvalue weighted by Gasteiger charge is -2.56. The summed E-state index contributed by atoms with van der Waals surface area (Å²) in [5.41, 5.74) is 0. The van der Waals surface area contributed by atoms with Crippen molar-refractivity contribution in [2.45, 2.75) is 117 Å². The second-order valence-electron chi connectivity index (χ2n) is 10.8. The van der Waals surface area contributed by atoms with Crippen LogP contribution in [-0.2, 0) is 4.43 Å². The summed E-state index contributed by atoms with van der Waals surface area (Å²) in [6.07, 6.45) is 11.1. The highest BCUT2D eigenvalue weighted by Crippen LogP contribution is 2.37. The van der Waals surface area contributed by atoms with Crippen LogP contribution in [0.4, 0.5) is 0 Å². The van der Waals surface area contributed by atoms with Gasteiger partial charge in [0.1, 0.15) is 0 Å². The molecule has 0 bridgehead atoms. The average Bonchev–Trinajstić information content (AvgIpc) is 2.36. The second-order valence-corrected chi connectivity index (χ2v) is 50.2. The van der Waals surface area contributed by atoms with Gasteiger partial charge in [-0.15, -0.1) is 0 Å². The third-order valence-corrected chi connectivity index (χ3v) is 73.3. The molecule has 0 N–H and O–H groups in total. The number of hydrogen-bond donors (Lipinski definition) is 0. The van der Waals surface area contributed by atoms with E-state index >= 15 is 0 Å². The SMILES string of the molecule is CCCCCCCCCCO[Si]([Si](C)(C)C)([Si](C)(C)C)[Si](C)(C)C. The average molecular weight is 405 g/mol. The monoisotopic (exact) mass is 404 g/mol. The number of hydrogen-bond acceptors (Lipinski definition) is 1. The molecule has 24 heavy (non-hydrogen) atoms. The summed E-state index contributed by atoms with van der Waals surface area (Å²) < 4.78 is 7.09. The molecule has 5 heteroatoms. The molecule has 0 heterocycles. The Morgan fingerprint density at radius 1 is 0.500 bits per heavy atom. The van der Waals surface area contributed by atoms with Gasteiger partial charge in [0, 0.05) is 6.61 Å². The molecule has 0 unspecified atom stereocenters. The molecule has 146 valence electrons. The van der Waals surface area contributed by atoms with Crippen molar-refractivity contribution >= 4 is 29.6 Å². The Morgan fingerprint density at radius 3 is 1.17 bits per heavy atom. The van der Waals surface area contributed by atoms with E-state index in [1.165, 1.54) is 51.4 Å². The predicted molar refractivity (Wildman–Crippen MR) is 124 cm³/mol. The first-order valence-electron chi connectivity index (χ1n) is 10.4. The highest BCUT2D eigenvalue weighted by molar-refractivity contribution is 7.87. The predicted octanol–water partition coefficient (Wildman–Crippen LogP) is 7.34. The topological polar surface area (TPSA) is 9.23 Å². The molecule has 0 radical (unpaired) electrons. The highest BCUT2D eigenvalue weighted by atomic mass is 29.9.